The van der Waals surface area contributed by atoms with Crippen molar-refractivity contribution in [2.75, 3.05) is 23.7 Å². The van der Waals surface area contributed by atoms with Crippen LogP contribution in [0.15, 0.2) is 24.3 Å². The van der Waals surface area contributed by atoms with Crippen LogP contribution in [0, 0.1) is 0 Å². The average Bonchev–Trinajstić information content (AvgIpc) is 3.23. The van der Waals surface area contributed by atoms with Crippen LogP contribution in [0.4, 0.5) is 11.4 Å². The molecule has 22 heavy (non-hydrogen) atoms. The topological polar surface area (TPSA) is 82.3 Å². The van der Waals surface area contributed by atoms with Crippen LogP contribution in [-0.4, -0.2) is 37.0 Å². The second-order valence-corrected chi connectivity index (χ2v) is 5.85. The second kappa shape index (κ2) is 6.89. The van der Waals surface area contributed by atoms with E-state index in [4.69, 9.17) is 0 Å². The fourth-order valence-electron chi connectivity index (χ4n) is 2.91. The highest BCUT2D eigenvalue weighted by molar-refractivity contribution is 5.97. The van der Waals surface area contributed by atoms with Gasteiger partial charge in [-0.15, -0.1) is 0 Å². The number of nitrogens with one attached hydrogen (secondary N) is 4. The number of amides is 2. The van der Waals surface area contributed by atoms with E-state index in [-0.39, 0.29) is 23.9 Å². The first-order chi connectivity index (χ1) is 10.7. The summed E-state index contributed by atoms with van der Waals surface area (Å²) < 4.78 is 0. The van der Waals surface area contributed by atoms with Crippen LogP contribution < -0.4 is 21.3 Å². The molecule has 2 unspecified atom stereocenters. The third-order valence-corrected chi connectivity index (χ3v) is 4.17. The van der Waals surface area contributed by atoms with E-state index in [1.165, 1.54) is 0 Å². The molecule has 0 spiro atoms. The van der Waals surface area contributed by atoms with Gasteiger partial charge in [0, 0.05) is 11.4 Å². The largest absolute Gasteiger partial charge is 0.325 e. The van der Waals surface area contributed by atoms with Crippen LogP contribution in [0.25, 0.3) is 0 Å². The number of hydrogen-bond donors (Lipinski definition) is 4. The Morgan fingerprint density at radius 2 is 1.23 bits per heavy atom. The standard InChI is InChI=1S/C16H22N4O2/c21-15(13-3-1-9-17-13)19-11-5-7-12(8-6-11)20-16(22)14-4-2-10-18-14/h5-8,13-14,17-18H,1-4,9-10H2,(H,19,21)(H,20,22). The van der Waals surface area contributed by atoms with Gasteiger partial charge in [-0.3, -0.25) is 9.59 Å². The normalized spacial score (nSPS) is 24.2. The number of rotatable bonds is 4. The van der Waals surface area contributed by atoms with Crippen LogP contribution in [0.1, 0.15) is 25.7 Å². The SMILES string of the molecule is O=C(Nc1ccc(NC(=O)C2CCCN2)cc1)C1CCCN1. The fourth-order valence-corrected chi connectivity index (χ4v) is 2.91. The Bertz CT molecular complexity index is 483. The molecule has 2 saturated heterocycles. The summed E-state index contributed by atoms with van der Waals surface area (Å²) in [6.07, 6.45) is 3.85. The van der Waals surface area contributed by atoms with E-state index >= 15 is 0 Å². The molecule has 0 saturated carbocycles. The zero-order valence-corrected chi connectivity index (χ0v) is 12.5. The monoisotopic (exact) mass is 302 g/mol. The smallest absolute Gasteiger partial charge is 0.241 e. The zero-order chi connectivity index (χ0) is 15.4. The van der Waals surface area contributed by atoms with Gasteiger partial charge in [0.2, 0.25) is 11.8 Å². The van der Waals surface area contributed by atoms with Gasteiger partial charge in [-0.1, -0.05) is 0 Å². The van der Waals surface area contributed by atoms with Crippen molar-refractivity contribution in [3.8, 4) is 0 Å². The maximum atomic E-state index is 12.0. The van der Waals surface area contributed by atoms with E-state index < -0.39 is 0 Å². The quantitative estimate of drug-likeness (QED) is 0.670. The highest BCUT2D eigenvalue weighted by atomic mass is 16.2. The molecule has 3 rings (SSSR count). The molecule has 0 bridgehead atoms. The van der Waals surface area contributed by atoms with Crippen molar-refractivity contribution in [1.82, 2.24) is 10.6 Å². The molecular weight excluding hydrogens is 280 g/mol. The summed E-state index contributed by atoms with van der Waals surface area (Å²) in [5.74, 6) is 0.00822. The number of hydrogen-bond acceptors (Lipinski definition) is 4. The molecule has 6 nitrogen and oxygen atoms in total. The number of benzene rings is 1. The molecule has 2 amide bonds. The van der Waals surface area contributed by atoms with Gasteiger partial charge in [0.15, 0.2) is 0 Å². The van der Waals surface area contributed by atoms with Gasteiger partial charge in [0.05, 0.1) is 12.1 Å². The van der Waals surface area contributed by atoms with Crippen molar-refractivity contribution in [2.24, 2.45) is 0 Å². The van der Waals surface area contributed by atoms with Crippen LogP contribution in [0.3, 0.4) is 0 Å². The Balaban J connectivity index is 1.53. The lowest BCUT2D eigenvalue weighted by Crippen LogP contribution is -2.35. The van der Waals surface area contributed by atoms with Gasteiger partial charge < -0.3 is 21.3 Å². The van der Waals surface area contributed by atoms with E-state index in [2.05, 4.69) is 21.3 Å². The molecular formula is C16H22N4O2. The van der Waals surface area contributed by atoms with E-state index in [1.54, 1.807) is 0 Å². The van der Waals surface area contributed by atoms with Crippen LogP contribution in [-0.2, 0) is 9.59 Å². The lowest BCUT2D eigenvalue weighted by Gasteiger charge is -2.13. The van der Waals surface area contributed by atoms with E-state index in [0.29, 0.717) is 0 Å². The summed E-state index contributed by atoms with van der Waals surface area (Å²) in [7, 11) is 0. The van der Waals surface area contributed by atoms with Gasteiger partial charge >= 0.3 is 0 Å². The molecule has 4 N–H and O–H groups in total. The van der Waals surface area contributed by atoms with Crippen molar-refractivity contribution >= 4 is 23.2 Å². The fraction of sp³-hybridized carbons (Fsp3) is 0.500. The summed E-state index contributed by atoms with van der Waals surface area (Å²) in [5, 5.41) is 12.1. The minimum Gasteiger partial charge on any atom is -0.325 e. The third-order valence-electron chi connectivity index (χ3n) is 4.17. The molecule has 2 aliphatic heterocycles. The highest BCUT2D eigenvalue weighted by Crippen LogP contribution is 2.16. The summed E-state index contributed by atoms with van der Waals surface area (Å²) in [4.78, 5) is 24.0. The summed E-state index contributed by atoms with van der Waals surface area (Å²) in [5.41, 5.74) is 1.49. The second-order valence-electron chi connectivity index (χ2n) is 5.85. The lowest BCUT2D eigenvalue weighted by atomic mass is 10.2. The minimum atomic E-state index is -0.0900. The Morgan fingerprint density at radius 1 is 0.818 bits per heavy atom. The Labute approximate surface area is 130 Å². The zero-order valence-electron chi connectivity index (χ0n) is 12.5. The molecule has 6 heteroatoms. The molecule has 118 valence electrons. The lowest BCUT2D eigenvalue weighted by molar-refractivity contribution is -0.118. The van der Waals surface area contributed by atoms with Crippen LogP contribution >= 0.6 is 0 Å². The van der Waals surface area contributed by atoms with Crippen molar-refractivity contribution in [2.45, 2.75) is 37.8 Å². The molecule has 1 aromatic rings. The first-order valence-electron chi connectivity index (χ1n) is 7.91. The van der Waals surface area contributed by atoms with Crippen molar-refractivity contribution in [3.05, 3.63) is 24.3 Å². The molecule has 2 aliphatic rings. The molecule has 2 atom stereocenters. The molecule has 1 aromatic carbocycles. The van der Waals surface area contributed by atoms with Crippen molar-refractivity contribution in [1.29, 1.82) is 0 Å². The predicted octanol–water partition coefficient (Wildman–Crippen LogP) is 1.07. The van der Waals surface area contributed by atoms with E-state index in [0.717, 1.165) is 50.1 Å². The Kier molecular flexibility index (Phi) is 4.70. The number of carbonyl (C=O) groups excluding carboxylic acids is 2. The maximum absolute atomic E-state index is 12.0. The summed E-state index contributed by atoms with van der Waals surface area (Å²) in [6.45, 7) is 1.80. The Hall–Kier alpha value is -1.92. The van der Waals surface area contributed by atoms with Gasteiger partial charge in [0.1, 0.15) is 0 Å². The van der Waals surface area contributed by atoms with E-state index in [1.807, 2.05) is 24.3 Å². The van der Waals surface area contributed by atoms with Crippen LogP contribution in [0.5, 0.6) is 0 Å². The molecule has 0 radical (unpaired) electrons. The summed E-state index contributed by atoms with van der Waals surface area (Å²) in [6, 6.07) is 7.06. The van der Waals surface area contributed by atoms with E-state index in [9.17, 15) is 9.59 Å². The maximum Gasteiger partial charge on any atom is 0.241 e. The molecule has 0 aromatic heterocycles. The number of anilines is 2. The first kappa shape index (κ1) is 15.0. The molecule has 2 heterocycles. The van der Waals surface area contributed by atoms with Crippen molar-refractivity contribution in [3.63, 3.8) is 0 Å². The predicted molar refractivity (Wildman–Crippen MR) is 85.8 cm³/mol. The Morgan fingerprint density at radius 3 is 1.55 bits per heavy atom. The average molecular weight is 302 g/mol. The first-order valence-corrected chi connectivity index (χ1v) is 7.91. The highest BCUT2D eigenvalue weighted by Gasteiger charge is 2.23. The van der Waals surface area contributed by atoms with Gasteiger partial charge in [-0.25, -0.2) is 0 Å². The van der Waals surface area contributed by atoms with Gasteiger partial charge in [-0.2, -0.15) is 0 Å². The van der Waals surface area contributed by atoms with Gasteiger partial charge in [0.25, 0.3) is 0 Å². The minimum absolute atomic E-state index is 0.00411. The van der Waals surface area contributed by atoms with Crippen LogP contribution in [0.2, 0.25) is 0 Å². The van der Waals surface area contributed by atoms with Gasteiger partial charge in [-0.05, 0) is 63.0 Å². The van der Waals surface area contributed by atoms with Crippen molar-refractivity contribution < 1.29 is 9.59 Å². The number of carbonyl (C=O) groups is 2. The molecule has 0 aliphatic carbocycles. The third kappa shape index (κ3) is 3.64. The molecule has 2 fully saturated rings. The summed E-state index contributed by atoms with van der Waals surface area (Å²) >= 11 is 0.